The summed E-state index contributed by atoms with van der Waals surface area (Å²) in [7, 11) is 0. The van der Waals surface area contributed by atoms with Gasteiger partial charge in [-0.25, -0.2) is 13.8 Å². The number of halogens is 2. The number of aromatic nitrogens is 2. The van der Waals surface area contributed by atoms with Gasteiger partial charge >= 0.3 is 0 Å². The number of carbonyl (C=O) groups excluding carboxylic acids is 1. The molecule has 1 atom stereocenters. The minimum absolute atomic E-state index is 0.0463. The van der Waals surface area contributed by atoms with Crippen molar-refractivity contribution < 1.29 is 18.3 Å². The molecule has 1 aromatic heterocycles. The first-order valence-corrected chi connectivity index (χ1v) is 13.4. The average molecular weight is 496 g/mol. The van der Waals surface area contributed by atoms with E-state index in [-0.39, 0.29) is 24.5 Å². The maximum Gasteiger partial charge on any atom is 0.243 e. The van der Waals surface area contributed by atoms with E-state index in [1.165, 1.54) is 12.5 Å². The number of rotatable bonds is 7. The highest BCUT2D eigenvalue weighted by Gasteiger charge is 2.35. The Morgan fingerprint density at radius 1 is 1.03 bits per heavy atom. The molecule has 0 aliphatic heterocycles. The molecule has 7 heteroatoms. The molecule has 5 nitrogen and oxygen atoms in total. The lowest BCUT2D eigenvalue weighted by Crippen LogP contribution is -2.44. The second-order valence-corrected chi connectivity index (χ2v) is 10.4. The Bertz CT molecular complexity index is 1210. The van der Waals surface area contributed by atoms with Crippen molar-refractivity contribution in [3.05, 3.63) is 59.4 Å². The fourth-order valence-corrected chi connectivity index (χ4v) is 5.94. The third-order valence-corrected chi connectivity index (χ3v) is 7.85. The normalized spacial score (nSPS) is 18.3. The number of fused-ring (bicyclic) bond motifs is 1. The number of hydrogen-bond donors (Lipinski definition) is 1. The van der Waals surface area contributed by atoms with E-state index in [9.17, 15) is 13.6 Å². The van der Waals surface area contributed by atoms with Crippen LogP contribution in [0.3, 0.4) is 0 Å². The number of carbonyl (C=O) groups is 1. The maximum absolute atomic E-state index is 14.5. The van der Waals surface area contributed by atoms with Gasteiger partial charge in [-0.2, -0.15) is 0 Å². The van der Waals surface area contributed by atoms with Gasteiger partial charge in [0.2, 0.25) is 5.91 Å². The predicted molar refractivity (Wildman–Crippen MR) is 136 cm³/mol. The molecule has 2 aromatic carbocycles. The van der Waals surface area contributed by atoms with Crippen molar-refractivity contribution in [1.29, 1.82) is 0 Å². The molecule has 1 amide bonds. The van der Waals surface area contributed by atoms with Crippen LogP contribution < -0.4 is 10.1 Å². The summed E-state index contributed by atoms with van der Waals surface area (Å²) in [5, 5.41) is 3.31. The van der Waals surface area contributed by atoms with Crippen molar-refractivity contribution in [1.82, 2.24) is 14.9 Å². The van der Waals surface area contributed by atoms with Crippen LogP contribution in [-0.2, 0) is 11.4 Å². The van der Waals surface area contributed by atoms with Crippen LogP contribution in [0.25, 0.3) is 11.0 Å². The van der Waals surface area contributed by atoms with Crippen molar-refractivity contribution in [2.75, 3.05) is 0 Å². The van der Waals surface area contributed by atoms with Crippen molar-refractivity contribution >= 4 is 16.9 Å². The van der Waals surface area contributed by atoms with Crippen molar-refractivity contribution in [3.63, 3.8) is 0 Å². The third-order valence-electron chi connectivity index (χ3n) is 7.85. The lowest BCUT2D eigenvalue weighted by Gasteiger charge is -2.33. The molecular weight excluding hydrogens is 460 g/mol. The van der Waals surface area contributed by atoms with Gasteiger partial charge in [-0.3, -0.25) is 4.79 Å². The standard InChI is InChI=1S/C29H35F2N3O2/c1-19-10-8-9-15-26(19)36-18-27-33-24-16-22(30)23(31)17-25(24)34(27)28(20-11-4-2-5-12-20)29(35)32-21-13-6-3-7-14-21/h8-10,15-17,20-21,28H,2-7,11-14,18H2,1H3,(H,32,35). The van der Waals surface area contributed by atoms with Gasteiger partial charge in [-0.15, -0.1) is 0 Å². The Morgan fingerprint density at radius 2 is 1.69 bits per heavy atom. The highest BCUT2D eigenvalue weighted by Crippen LogP contribution is 2.37. The average Bonchev–Trinajstić information content (AvgIpc) is 3.22. The van der Waals surface area contributed by atoms with Crippen LogP contribution in [-0.4, -0.2) is 21.5 Å². The number of nitrogens with zero attached hydrogens (tertiary/aromatic N) is 2. The van der Waals surface area contributed by atoms with Gasteiger partial charge in [0.25, 0.3) is 0 Å². The summed E-state index contributed by atoms with van der Waals surface area (Å²) < 4.78 is 36.6. The Kier molecular flexibility index (Phi) is 7.54. The monoisotopic (exact) mass is 495 g/mol. The zero-order chi connectivity index (χ0) is 25.1. The minimum atomic E-state index is -0.945. The van der Waals surface area contributed by atoms with Gasteiger partial charge in [0, 0.05) is 18.2 Å². The molecule has 2 aliphatic carbocycles. The fourth-order valence-electron chi connectivity index (χ4n) is 5.94. The van der Waals surface area contributed by atoms with Crippen LogP contribution in [0, 0.1) is 24.5 Å². The molecule has 0 bridgehead atoms. The lowest BCUT2D eigenvalue weighted by atomic mass is 9.83. The molecule has 1 N–H and O–H groups in total. The molecule has 0 spiro atoms. The van der Waals surface area contributed by atoms with Gasteiger partial charge in [-0.05, 0) is 50.2 Å². The van der Waals surface area contributed by atoms with E-state index in [1.807, 2.05) is 35.8 Å². The Morgan fingerprint density at radius 3 is 2.42 bits per heavy atom. The van der Waals surface area contributed by atoms with E-state index in [0.29, 0.717) is 22.6 Å². The molecule has 1 heterocycles. The summed E-state index contributed by atoms with van der Waals surface area (Å²) in [6.45, 7) is 2.06. The molecule has 36 heavy (non-hydrogen) atoms. The maximum atomic E-state index is 14.5. The highest BCUT2D eigenvalue weighted by atomic mass is 19.2. The first-order valence-electron chi connectivity index (χ1n) is 13.4. The van der Waals surface area contributed by atoms with Gasteiger partial charge in [0.05, 0.1) is 11.0 Å². The zero-order valence-corrected chi connectivity index (χ0v) is 20.9. The molecule has 1 unspecified atom stereocenters. The smallest absolute Gasteiger partial charge is 0.243 e. The summed E-state index contributed by atoms with van der Waals surface area (Å²) in [5.41, 5.74) is 1.76. The topological polar surface area (TPSA) is 56.2 Å². The second-order valence-electron chi connectivity index (χ2n) is 10.4. The molecule has 2 fully saturated rings. The van der Waals surface area contributed by atoms with Crippen LogP contribution in [0.15, 0.2) is 36.4 Å². The van der Waals surface area contributed by atoms with Crippen molar-refractivity contribution in [3.8, 4) is 5.75 Å². The first kappa shape index (κ1) is 24.7. The number of ether oxygens (including phenoxy) is 1. The predicted octanol–water partition coefficient (Wildman–Crippen LogP) is 6.77. The third kappa shape index (κ3) is 5.25. The van der Waals surface area contributed by atoms with Gasteiger partial charge in [0.15, 0.2) is 11.6 Å². The van der Waals surface area contributed by atoms with Gasteiger partial charge in [-0.1, -0.05) is 56.7 Å². The van der Waals surface area contributed by atoms with Crippen LogP contribution in [0.1, 0.15) is 81.6 Å². The molecule has 3 aromatic rings. The number of imidazole rings is 1. The number of amides is 1. The number of nitrogens with one attached hydrogen (secondary N) is 1. The van der Waals surface area contributed by atoms with Crippen LogP contribution in [0.2, 0.25) is 0 Å². The van der Waals surface area contributed by atoms with E-state index in [2.05, 4.69) is 10.3 Å². The summed E-state index contributed by atoms with van der Waals surface area (Å²) in [6, 6.07) is 9.61. The van der Waals surface area contributed by atoms with E-state index in [0.717, 1.165) is 69.4 Å². The van der Waals surface area contributed by atoms with Crippen molar-refractivity contribution in [2.24, 2.45) is 5.92 Å². The SMILES string of the molecule is Cc1ccccc1OCc1nc2cc(F)c(F)cc2n1C(C(=O)NC1CCCCC1)C1CCCCC1. The number of benzene rings is 2. The van der Waals surface area contributed by atoms with Gasteiger partial charge in [0.1, 0.15) is 24.2 Å². The number of hydrogen-bond acceptors (Lipinski definition) is 3. The first-order chi connectivity index (χ1) is 17.5. The van der Waals surface area contributed by atoms with E-state index in [1.54, 1.807) is 0 Å². The summed E-state index contributed by atoms with van der Waals surface area (Å²) in [6.07, 6.45) is 10.5. The zero-order valence-electron chi connectivity index (χ0n) is 20.9. The summed E-state index contributed by atoms with van der Waals surface area (Å²) >= 11 is 0. The summed E-state index contributed by atoms with van der Waals surface area (Å²) in [4.78, 5) is 18.6. The van der Waals surface area contributed by atoms with E-state index >= 15 is 0 Å². The van der Waals surface area contributed by atoms with Crippen LogP contribution >= 0.6 is 0 Å². The Hall–Kier alpha value is -2.96. The summed E-state index contributed by atoms with van der Waals surface area (Å²) in [5.74, 6) is -0.605. The minimum Gasteiger partial charge on any atom is -0.485 e. The molecule has 0 saturated heterocycles. The largest absolute Gasteiger partial charge is 0.485 e. The molecule has 192 valence electrons. The molecule has 0 radical (unpaired) electrons. The molecule has 2 aliphatic rings. The second kappa shape index (κ2) is 11.0. The Labute approximate surface area is 211 Å². The van der Waals surface area contributed by atoms with Crippen LogP contribution in [0.4, 0.5) is 8.78 Å². The van der Waals surface area contributed by atoms with E-state index < -0.39 is 17.7 Å². The van der Waals surface area contributed by atoms with Gasteiger partial charge < -0.3 is 14.6 Å². The number of aryl methyl sites for hydroxylation is 1. The lowest BCUT2D eigenvalue weighted by molar-refractivity contribution is -0.127. The van der Waals surface area contributed by atoms with E-state index in [4.69, 9.17) is 4.74 Å². The Balaban J connectivity index is 1.56. The number of para-hydroxylation sites is 1. The van der Waals surface area contributed by atoms with Crippen molar-refractivity contribution in [2.45, 2.75) is 89.8 Å². The molecular formula is C29H35F2N3O2. The molecule has 5 rings (SSSR count). The van der Waals surface area contributed by atoms with Crippen LogP contribution in [0.5, 0.6) is 5.75 Å². The molecule has 2 saturated carbocycles. The quantitative estimate of drug-likeness (QED) is 0.393. The fraction of sp³-hybridized carbons (Fsp3) is 0.517. The highest BCUT2D eigenvalue weighted by molar-refractivity contribution is 5.85.